The van der Waals surface area contributed by atoms with Crippen LogP contribution in [0, 0.1) is 0 Å². The molecule has 1 aliphatic rings. The number of rotatable bonds is 3. The highest BCUT2D eigenvalue weighted by Gasteiger charge is 2.19. The molecular formula is C11H23NO6. The van der Waals surface area contributed by atoms with Crippen molar-refractivity contribution < 1.29 is 28.9 Å². The van der Waals surface area contributed by atoms with Crippen molar-refractivity contribution in [3.63, 3.8) is 0 Å². The number of cyclic esters (lactones) is 2. The molecule has 0 aromatic heterocycles. The summed E-state index contributed by atoms with van der Waals surface area (Å²) in [6, 6.07) is 0. The molecule has 18 heavy (non-hydrogen) atoms. The van der Waals surface area contributed by atoms with Gasteiger partial charge in [0.15, 0.2) is 0 Å². The van der Waals surface area contributed by atoms with Crippen LogP contribution >= 0.6 is 0 Å². The summed E-state index contributed by atoms with van der Waals surface area (Å²) < 4.78 is 13.5. The maximum atomic E-state index is 10.4. The molecule has 1 aliphatic heterocycles. The molecule has 0 aromatic rings. The first-order chi connectivity index (χ1) is 8.45. The van der Waals surface area contributed by atoms with E-state index in [4.69, 9.17) is 5.11 Å². The van der Waals surface area contributed by atoms with Crippen LogP contribution in [-0.2, 0) is 19.0 Å². The Hall–Kier alpha value is -1.34. The molecule has 0 radical (unpaired) electrons. The Kier molecular flexibility index (Phi) is 12.8. The molecule has 0 aromatic carbocycles. The van der Waals surface area contributed by atoms with Crippen LogP contribution in [0.25, 0.3) is 0 Å². The zero-order valence-corrected chi connectivity index (χ0v) is 11.3. The lowest BCUT2D eigenvalue weighted by Gasteiger charge is -2.03. The van der Waals surface area contributed by atoms with Gasteiger partial charge in [0.2, 0.25) is 0 Å². The number of esters is 1. The van der Waals surface area contributed by atoms with Gasteiger partial charge >= 0.3 is 12.1 Å². The molecule has 1 heterocycles. The van der Waals surface area contributed by atoms with Crippen LogP contribution in [0.15, 0.2) is 0 Å². The lowest BCUT2D eigenvalue weighted by molar-refractivity contribution is -0.145. The highest BCUT2D eigenvalue weighted by molar-refractivity contribution is 5.68. The number of ether oxygens (including phenoxy) is 3. The van der Waals surface area contributed by atoms with Crippen molar-refractivity contribution in [3.05, 3.63) is 0 Å². The van der Waals surface area contributed by atoms with Crippen LogP contribution in [0.1, 0.15) is 27.2 Å². The third-order valence-corrected chi connectivity index (χ3v) is 1.51. The second-order valence-corrected chi connectivity index (χ2v) is 3.38. The molecule has 1 saturated heterocycles. The van der Waals surface area contributed by atoms with E-state index in [1.165, 1.54) is 7.05 Å². The molecule has 7 nitrogen and oxygen atoms in total. The first kappa shape index (κ1) is 19.0. The lowest BCUT2D eigenvalue weighted by Crippen LogP contribution is -2.14. The van der Waals surface area contributed by atoms with Gasteiger partial charge in [-0.3, -0.25) is 4.79 Å². The average molecular weight is 265 g/mol. The fourth-order valence-electron chi connectivity index (χ4n) is 0.733. The van der Waals surface area contributed by atoms with Crippen LogP contribution in [0.5, 0.6) is 0 Å². The number of hydrogen-bond donors (Lipinski definition) is 2. The predicted octanol–water partition coefficient (Wildman–Crippen LogP) is 0.437. The van der Waals surface area contributed by atoms with E-state index < -0.39 is 12.3 Å². The fourth-order valence-corrected chi connectivity index (χ4v) is 0.733. The van der Waals surface area contributed by atoms with E-state index in [1.807, 2.05) is 0 Å². The van der Waals surface area contributed by atoms with E-state index >= 15 is 0 Å². The van der Waals surface area contributed by atoms with E-state index in [1.54, 1.807) is 20.8 Å². The van der Waals surface area contributed by atoms with Crippen LogP contribution in [-0.4, -0.2) is 49.7 Å². The number of aliphatic hydroxyl groups excluding tert-OH is 1. The molecule has 2 unspecified atom stereocenters. The van der Waals surface area contributed by atoms with Gasteiger partial charge in [-0.2, -0.15) is 0 Å². The first-order valence-corrected chi connectivity index (χ1v) is 5.70. The minimum absolute atomic E-state index is 0.0486. The Morgan fingerprint density at radius 3 is 2.39 bits per heavy atom. The predicted molar refractivity (Wildman–Crippen MR) is 64.9 cm³/mol. The Labute approximate surface area is 107 Å². The van der Waals surface area contributed by atoms with E-state index in [-0.39, 0.29) is 18.7 Å². The van der Waals surface area contributed by atoms with Crippen molar-refractivity contribution in [2.75, 3.05) is 20.3 Å². The number of carbonyl (C=O) groups excluding carboxylic acids is 2. The third kappa shape index (κ3) is 12.7. The van der Waals surface area contributed by atoms with Crippen molar-refractivity contribution in [1.29, 1.82) is 0 Å². The maximum absolute atomic E-state index is 10.4. The van der Waals surface area contributed by atoms with Gasteiger partial charge in [0, 0.05) is 6.42 Å². The molecular weight excluding hydrogens is 242 g/mol. The molecule has 2 atom stereocenters. The summed E-state index contributed by atoms with van der Waals surface area (Å²) in [5.41, 5.74) is 4.50. The number of carbonyl (C=O) groups is 2. The quantitative estimate of drug-likeness (QED) is 0.712. The summed E-state index contributed by atoms with van der Waals surface area (Å²) in [5.74, 6) is -0.268. The highest BCUT2D eigenvalue weighted by Crippen LogP contribution is 2.02. The molecule has 0 spiro atoms. The van der Waals surface area contributed by atoms with E-state index in [0.717, 1.165) is 0 Å². The second-order valence-electron chi connectivity index (χ2n) is 3.38. The summed E-state index contributed by atoms with van der Waals surface area (Å²) in [4.78, 5) is 20.4. The SMILES string of the molecule is CC1COC(=O)O1.CCC(=O)OCC(C)O.CN. The monoisotopic (exact) mass is 265 g/mol. The highest BCUT2D eigenvalue weighted by atomic mass is 16.8. The summed E-state index contributed by atoms with van der Waals surface area (Å²) in [7, 11) is 1.50. The minimum Gasteiger partial charge on any atom is -0.463 e. The van der Waals surface area contributed by atoms with Crippen molar-refractivity contribution in [3.8, 4) is 0 Å². The Morgan fingerprint density at radius 2 is 2.17 bits per heavy atom. The number of hydrogen-bond acceptors (Lipinski definition) is 7. The van der Waals surface area contributed by atoms with Gasteiger partial charge in [-0.25, -0.2) is 4.79 Å². The molecule has 7 heteroatoms. The van der Waals surface area contributed by atoms with Crippen LogP contribution in [0.3, 0.4) is 0 Å². The summed E-state index contributed by atoms with van der Waals surface area (Å²) >= 11 is 0. The van der Waals surface area contributed by atoms with E-state index in [2.05, 4.69) is 19.9 Å². The van der Waals surface area contributed by atoms with E-state index in [9.17, 15) is 9.59 Å². The van der Waals surface area contributed by atoms with Crippen LogP contribution in [0.4, 0.5) is 4.79 Å². The molecule has 0 saturated carbocycles. The zero-order chi connectivity index (χ0) is 14.6. The summed E-state index contributed by atoms with van der Waals surface area (Å²) in [6.07, 6.45) is -0.785. The summed E-state index contributed by atoms with van der Waals surface area (Å²) in [5, 5.41) is 8.62. The van der Waals surface area contributed by atoms with Crippen LogP contribution in [0.2, 0.25) is 0 Å². The molecule has 0 amide bonds. The molecule has 3 N–H and O–H groups in total. The first-order valence-electron chi connectivity index (χ1n) is 5.70. The van der Waals surface area contributed by atoms with Gasteiger partial charge in [-0.15, -0.1) is 0 Å². The van der Waals surface area contributed by atoms with Crippen molar-refractivity contribution >= 4 is 12.1 Å². The molecule has 0 aliphatic carbocycles. The summed E-state index contributed by atoms with van der Waals surface area (Å²) in [6.45, 7) is 5.57. The lowest BCUT2D eigenvalue weighted by atomic mass is 10.4. The van der Waals surface area contributed by atoms with Crippen molar-refractivity contribution in [1.82, 2.24) is 0 Å². The molecule has 1 rings (SSSR count). The Balaban J connectivity index is 0. The van der Waals surface area contributed by atoms with Crippen LogP contribution < -0.4 is 5.73 Å². The Morgan fingerprint density at radius 1 is 1.61 bits per heavy atom. The van der Waals surface area contributed by atoms with Crippen molar-refractivity contribution in [2.24, 2.45) is 5.73 Å². The molecule has 108 valence electrons. The molecule has 0 bridgehead atoms. The number of nitrogens with two attached hydrogens (primary N) is 1. The normalized spacial score (nSPS) is 18.1. The van der Waals surface area contributed by atoms with Gasteiger partial charge in [0.1, 0.15) is 19.3 Å². The van der Waals surface area contributed by atoms with Gasteiger partial charge < -0.3 is 25.1 Å². The largest absolute Gasteiger partial charge is 0.508 e. The molecule has 1 fully saturated rings. The van der Waals surface area contributed by atoms with Crippen molar-refractivity contribution in [2.45, 2.75) is 39.4 Å². The van der Waals surface area contributed by atoms with Gasteiger partial charge in [-0.1, -0.05) is 6.92 Å². The second kappa shape index (κ2) is 12.1. The average Bonchev–Trinajstić information content (AvgIpc) is 2.73. The smallest absolute Gasteiger partial charge is 0.463 e. The maximum Gasteiger partial charge on any atom is 0.508 e. The van der Waals surface area contributed by atoms with Gasteiger partial charge in [0.05, 0.1) is 6.10 Å². The third-order valence-electron chi connectivity index (χ3n) is 1.51. The van der Waals surface area contributed by atoms with Gasteiger partial charge in [0.25, 0.3) is 0 Å². The topological polar surface area (TPSA) is 108 Å². The minimum atomic E-state index is -0.555. The standard InChI is InChI=1S/C6H12O3.C4H6O3.CH5N/c1-3-6(8)9-4-5(2)7;1-3-2-6-4(5)7-3;1-2/h5,7H,3-4H2,1-2H3;3H,2H2,1H3;2H2,1H3. The van der Waals surface area contributed by atoms with E-state index in [0.29, 0.717) is 13.0 Å². The Bertz CT molecular complexity index is 232. The number of aliphatic hydroxyl groups is 1. The fraction of sp³-hybridized carbons (Fsp3) is 0.818. The van der Waals surface area contributed by atoms with Gasteiger partial charge in [-0.05, 0) is 20.9 Å². The zero-order valence-electron chi connectivity index (χ0n) is 11.3.